The zero-order valence-electron chi connectivity index (χ0n) is 20.3. The van der Waals surface area contributed by atoms with Gasteiger partial charge in [0.1, 0.15) is 17.2 Å². The van der Waals surface area contributed by atoms with Gasteiger partial charge in [-0.15, -0.1) is 0 Å². The highest BCUT2D eigenvalue weighted by Gasteiger charge is 2.29. The van der Waals surface area contributed by atoms with Gasteiger partial charge in [-0.2, -0.15) is 0 Å². The third-order valence-electron chi connectivity index (χ3n) is 5.38. The minimum Gasteiger partial charge on any atom is -0.497 e. The number of nitrogens with one attached hydrogen (secondary N) is 2. The van der Waals surface area contributed by atoms with Gasteiger partial charge < -0.3 is 30.0 Å². The maximum Gasteiger partial charge on any atom is 0.347 e. The van der Waals surface area contributed by atoms with Crippen LogP contribution in [0.15, 0.2) is 66.7 Å². The number of carboxylic acids is 1. The van der Waals surface area contributed by atoms with Gasteiger partial charge in [-0.25, -0.2) is 9.59 Å². The Balaban J connectivity index is 1.51. The Bertz CT molecular complexity index is 1160. The van der Waals surface area contributed by atoms with Crippen molar-refractivity contribution < 1.29 is 28.9 Å². The molecule has 0 bridgehead atoms. The summed E-state index contributed by atoms with van der Waals surface area (Å²) in [4.78, 5) is 23.6. The molecule has 0 saturated heterocycles. The van der Waals surface area contributed by atoms with Gasteiger partial charge in [0, 0.05) is 11.8 Å². The fraction of sp³-hybridized carbons (Fsp3) is 0.259. The zero-order chi connectivity index (χ0) is 25.4. The Kier molecular flexibility index (Phi) is 8.20. The molecule has 3 aromatic rings. The number of amides is 2. The largest absolute Gasteiger partial charge is 0.497 e. The van der Waals surface area contributed by atoms with E-state index < -0.39 is 11.6 Å². The van der Waals surface area contributed by atoms with Gasteiger partial charge in [-0.1, -0.05) is 24.3 Å². The summed E-state index contributed by atoms with van der Waals surface area (Å²) < 4.78 is 16.0. The molecule has 8 heteroatoms. The monoisotopic (exact) mass is 478 g/mol. The van der Waals surface area contributed by atoms with Crippen molar-refractivity contribution in [3.63, 3.8) is 0 Å². The summed E-state index contributed by atoms with van der Waals surface area (Å²) in [7, 11) is 3.09. The van der Waals surface area contributed by atoms with E-state index in [-0.39, 0.29) is 6.03 Å². The number of ether oxygens (including phenoxy) is 3. The SMILES string of the molecule is COc1ccc(NC(=O)Nc2ccc(CCc3ccc(OC(C)(C)C(=O)O)cc3)cc2)c(OC)c1. The first kappa shape index (κ1) is 25.4. The fourth-order valence-electron chi connectivity index (χ4n) is 3.29. The average Bonchev–Trinajstić information content (AvgIpc) is 2.84. The number of hydrogen-bond donors (Lipinski definition) is 3. The van der Waals surface area contributed by atoms with E-state index in [0.717, 1.165) is 24.0 Å². The van der Waals surface area contributed by atoms with E-state index in [0.29, 0.717) is 28.6 Å². The number of anilines is 2. The second kappa shape index (κ2) is 11.3. The quantitative estimate of drug-likeness (QED) is 0.361. The second-order valence-corrected chi connectivity index (χ2v) is 8.40. The van der Waals surface area contributed by atoms with Crippen molar-refractivity contribution in [2.24, 2.45) is 0 Å². The van der Waals surface area contributed by atoms with Crippen molar-refractivity contribution in [2.45, 2.75) is 32.3 Å². The van der Waals surface area contributed by atoms with E-state index >= 15 is 0 Å². The third kappa shape index (κ3) is 7.14. The van der Waals surface area contributed by atoms with Crippen LogP contribution in [0.2, 0.25) is 0 Å². The van der Waals surface area contributed by atoms with Crippen molar-refractivity contribution in [1.29, 1.82) is 0 Å². The summed E-state index contributed by atoms with van der Waals surface area (Å²) in [5.41, 5.74) is 2.15. The number of rotatable bonds is 10. The molecule has 0 aliphatic carbocycles. The Morgan fingerprint density at radius 2 is 1.37 bits per heavy atom. The Morgan fingerprint density at radius 3 is 1.91 bits per heavy atom. The highest BCUT2D eigenvalue weighted by atomic mass is 16.5. The molecule has 35 heavy (non-hydrogen) atoms. The molecule has 8 nitrogen and oxygen atoms in total. The van der Waals surface area contributed by atoms with Crippen LogP contribution in [0.5, 0.6) is 17.2 Å². The van der Waals surface area contributed by atoms with Crippen molar-refractivity contribution in [2.75, 3.05) is 24.9 Å². The molecule has 0 aromatic heterocycles. The number of urea groups is 1. The standard InChI is InChI=1S/C27H30N2O6/c1-27(2,25(30)31)35-21-13-9-19(10-14-21)6-5-18-7-11-20(12-8-18)28-26(32)29-23-16-15-22(33-3)17-24(23)34-4/h7-17H,5-6H2,1-4H3,(H,30,31)(H2,28,29,32). The smallest absolute Gasteiger partial charge is 0.347 e. The Labute approximate surface area is 204 Å². The average molecular weight is 479 g/mol. The number of hydrogen-bond acceptors (Lipinski definition) is 5. The zero-order valence-corrected chi connectivity index (χ0v) is 20.3. The van der Waals surface area contributed by atoms with Gasteiger partial charge in [0.25, 0.3) is 0 Å². The van der Waals surface area contributed by atoms with E-state index in [1.54, 1.807) is 37.4 Å². The minimum absolute atomic E-state index is 0.380. The number of aliphatic carboxylic acids is 1. The Morgan fingerprint density at radius 1 is 0.800 bits per heavy atom. The molecule has 3 aromatic carbocycles. The first-order chi connectivity index (χ1) is 16.7. The minimum atomic E-state index is -1.28. The van der Waals surface area contributed by atoms with Crippen LogP contribution in [0.1, 0.15) is 25.0 Å². The predicted molar refractivity (Wildman–Crippen MR) is 135 cm³/mol. The Hall–Kier alpha value is -4.20. The number of benzene rings is 3. The van der Waals surface area contributed by atoms with Crippen LogP contribution in [0.3, 0.4) is 0 Å². The molecule has 0 spiro atoms. The van der Waals surface area contributed by atoms with Crippen LogP contribution in [0.4, 0.5) is 16.2 Å². The van der Waals surface area contributed by atoms with Crippen molar-refractivity contribution >= 4 is 23.4 Å². The first-order valence-electron chi connectivity index (χ1n) is 11.1. The lowest BCUT2D eigenvalue weighted by molar-refractivity contribution is -0.152. The molecule has 0 unspecified atom stereocenters. The lowest BCUT2D eigenvalue weighted by Gasteiger charge is -2.21. The molecule has 0 heterocycles. The number of methoxy groups -OCH3 is 2. The molecule has 3 rings (SSSR count). The third-order valence-corrected chi connectivity index (χ3v) is 5.38. The van der Waals surface area contributed by atoms with Crippen molar-refractivity contribution in [3.05, 3.63) is 77.9 Å². The fourth-order valence-corrected chi connectivity index (χ4v) is 3.29. The summed E-state index contributed by atoms with van der Waals surface area (Å²) in [6, 6.07) is 19.8. The van der Waals surface area contributed by atoms with Crippen LogP contribution >= 0.6 is 0 Å². The van der Waals surface area contributed by atoms with Crippen molar-refractivity contribution in [3.8, 4) is 17.2 Å². The van der Waals surface area contributed by atoms with Crippen LogP contribution in [-0.2, 0) is 17.6 Å². The summed E-state index contributed by atoms with van der Waals surface area (Å²) in [5.74, 6) is 0.634. The molecule has 0 aliphatic rings. The second-order valence-electron chi connectivity index (χ2n) is 8.40. The van der Waals surface area contributed by atoms with E-state index in [9.17, 15) is 14.7 Å². The van der Waals surface area contributed by atoms with Gasteiger partial charge >= 0.3 is 12.0 Å². The van der Waals surface area contributed by atoms with Gasteiger partial charge in [0.05, 0.1) is 19.9 Å². The van der Waals surface area contributed by atoms with E-state index in [1.165, 1.54) is 21.0 Å². The van der Waals surface area contributed by atoms with Gasteiger partial charge in [0.2, 0.25) is 0 Å². The van der Waals surface area contributed by atoms with Gasteiger partial charge in [0.15, 0.2) is 5.60 Å². The number of carboxylic acid groups (broad SMARTS) is 1. The molecule has 0 atom stereocenters. The topological polar surface area (TPSA) is 106 Å². The van der Waals surface area contributed by atoms with Crippen LogP contribution in [0, 0.1) is 0 Å². The lowest BCUT2D eigenvalue weighted by atomic mass is 10.0. The summed E-state index contributed by atoms with van der Waals surface area (Å²) >= 11 is 0. The number of carbonyl (C=O) groups is 2. The molecule has 2 amide bonds. The number of carbonyl (C=O) groups excluding carboxylic acids is 1. The summed E-state index contributed by atoms with van der Waals surface area (Å²) in [6.07, 6.45) is 1.63. The lowest BCUT2D eigenvalue weighted by Crippen LogP contribution is -2.37. The van der Waals surface area contributed by atoms with E-state index in [4.69, 9.17) is 14.2 Å². The summed E-state index contributed by atoms with van der Waals surface area (Å²) in [5, 5.41) is 14.8. The molecule has 0 fully saturated rings. The molecule has 0 aliphatic heterocycles. The molecule has 0 radical (unpaired) electrons. The molecule has 184 valence electrons. The molecule has 0 saturated carbocycles. The highest BCUT2D eigenvalue weighted by Crippen LogP contribution is 2.29. The van der Waals surface area contributed by atoms with Gasteiger partial charge in [-0.05, 0) is 74.2 Å². The normalized spacial score (nSPS) is 10.9. The van der Waals surface area contributed by atoms with Crippen LogP contribution in [0.25, 0.3) is 0 Å². The molecular formula is C27H30N2O6. The maximum absolute atomic E-state index is 12.4. The van der Waals surface area contributed by atoms with Gasteiger partial charge in [-0.3, -0.25) is 0 Å². The molecular weight excluding hydrogens is 448 g/mol. The van der Waals surface area contributed by atoms with E-state index in [2.05, 4.69) is 10.6 Å². The maximum atomic E-state index is 12.4. The number of aryl methyl sites for hydroxylation is 2. The predicted octanol–water partition coefficient (Wildman–Crippen LogP) is 5.38. The van der Waals surface area contributed by atoms with E-state index in [1.807, 2.05) is 36.4 Å². The first-order valence-corrected chi connectivity index (χ1v) is 11.1. The summed E-state index contributed by atoms with van der Waals surface area (Å²) in [6.45, 7) is 3.03. The molecule has 3 N–H and O–H groups in total. The van der Waals surface area contributed by atoms with Crippen LogP contribution in [-0.4, -0.2) is 36.9 Å². The highest BCUT2D eigenvalue weighted by molar-refractivity contribution is 6.00. The van der Waals surface area contributed by atoms with Crippen LogP contribution < -0.4 is 24.8 Å². The van der Waals surface area contributed by atoms with Crippen molar-refractivity contribution in [1.82, 2.24) is 0 Å².